The van der Waals surface area contributed by atoms with Crippen LogP contribution in [0.25, 0.3) is 0 Å². The fourth-order valence-electron chi connectivity index (χ4n) is 2.28. The number of aryl methyl sites for hydroxylation is 1. The molecule has 3 nitrogen and oxygen atoms in total. The van der Waals surface area contributed by atoms with E-state index in [1.165, 1.54) is 18.6 Å². The van der Waals surface area contributed by atoms with E-state index in [9.17, 15) is 9.90 Å². The van der Waals surface area contributed by atoms with Crippen LogP contribution in [0.15, 0.2) is 18.2 Å². The van der Waals surface area contributed by atoms with Crippen molar-refractivity contribution in [3.05, 3.63) is 29.3 Å². The maximum Gasteiger partial charge on any atom is 0.220 e. The minimum atomic E-state index is 0.100. The second-order valence-corrected chi connectivity index (χ2v) is 8.26. The zero-order valence-corrected chi connectivity index (χ0v) is 14.1. The van der Waals surface area contributed by atoms with E-state index in [1.54, 1.807) is 6.07 Å². The molecule has 0 unspecified atom stereocenters. The third kappa shape index (κ3) is 5.83. The van der Waals surface area contributed by atoms with Gasteiger partial charge in [-0.1, -0.05) is 40.1 Å². The van der Waals surface area contributed by atoms with E-state index in [4.69, 9.17) is 0 Å². The Hall–Kier alpha value is -0.810. The Morgan fingerprint density at radius 3 is 3.00 bits per heavy atom. The normalized spacial score (nSPS) is 17.9. The smallest absolute Gasteiger partial charge is 0.220 e. The highest BCUT2D eigenvalue weighted by molar-refractivity contribution is 8.77. The molecule has 0 spiro atoms. The van der Waals surface area contributed by atoms with E-state index in [2.05, 4.69) is 5.32 Å². The van der Waals surface area contributed by atoms with Crippen molar-refractivity contribution >= 4 is 27.5 Å². The minimum absolute atomic E-state index is 0.100. The molecule has 1 heterocycles. The highest BCUT2D eigenvalue weighted by atomic mass is 33.1. The van der Waals surface area contributed by atoms with Gasteiger partial charge in [0.05, 0.1) is 0 Å². The van der Waals surface area contributed by atoms with Crippen molar-refractivity contribution in [2.75, 3.05) is 5.75 Å². The summed E-state index contributed by atoms with van der Waals surface area (Å²) in [5.41, 5.74) is 1.79. The van der Waals surface area contributed by atoms with Gasteiger partial charge in [0.15, 0.2) is 0 Å². The lowest BCUT2D eigenvalue weighted by Crippen LogP contribution is -2.22. The standard InChI is InChI=1S/C16H23NO2S2/c1-12-6-7-13(10-15(12)18)11-17-16(19)5-3-2-4-14-8-9-20-21-14/h6-7,10,14,18H,2-5,8-9,11H2,1H3,(H,17,19)/t14-/m1/s1. The lowest BCUT2D eigenvalue weighted by Gasteiger charge is -2.08. The van der Waals surface area contributed by atoms with Gasteiger partial charge in [0.25, 0.3) is 0 Å². The maximum atomic E-state index is 11.8. The molecule has 5 heteroatoms. The molecule has 2 rings (SSSR count). The summed E-state index contributed by atoms with van der Waals surface area (Å²) in [5.74, 6) is 1.66. The Balaban J connectivity index is 1.59. The highest BCUT2D eigenvalue weighted by Crippen LogP contribution is 2.39. The fourth-order valence-corrected chi connectivity index (χ4v) is 5.30. The number of rotatable bonds is 7. The molecule has 1 fully saturated rings. The van der Waals surface area contributed by atoms with Crippen LogP contribution in [0, 0.1) is 6.92 Å². The van der Waals surface area contributed by atoms with Gasteiger partial charge in [-0.15, -0.1) is 0 Å². The molecular weight excluding hydrogens is 302 g/mol. The molecule has 1 aliphatic rings. The number of carbonyl (C=O) groups excluding carboxylic acids is 1. The Kier molecular flexibility index (Phi) is 6.77. The summed E-state index contributed by atoms with van der Waals surface area (Å²) in [6.45, 7) is 2.35. The van der Waals surface area contributed by atoms with E-state index in [-0.39, 0.29) is 11.7 Å². The summed E-state index contributed by atoms with van der Waals surface area (Å²) in [5, 5.41) is 13.3. The highest BCUT2D eigenvalue weighted by Gasteiger charge is 2.15. The molecule has 1 aromatic carbocycles. The van der Waals surface area contributed by atoms with Gasteiger partial charge in [-0.25, -0.2) is 0 Å². The van der Waals surface area contributed by atoms with Gasteiger partial charge in [0.2, 0.25) is 5.91 Å². The van der Waals surface area contributed by atoms with E-state index >= 15 is 0 Å². The largest absolute Gasteiger partial charge is 0.508 e. The molecule has 21 heavy (non-hydrogen) atoms. The topological polar surface area (TPSA) is 49.3 Å². The van der Waals surface area contributed by atoms with Crippen molar-refractivity contribution in [2.24, 2.45) is 0 Å². The third-order valence-corrected chi connectivity index (χ3v) is 6.68. The summed E-state index contributed by atoms with van der Waals surface area (Å²) in [6.07, 6.45) is 5.25. The zero-order chi connectivity index (χ0) is 15.1. The van der Waals surface area contributed by atoms with Crippen LogP contribution in [0.4, 0.5) is 0 Å². The van der Waals surface area contributed by atoms with Gasteiger partial charge < -0.3 is 10.4 Å². The number of hydrogen-bond acceptors (Lipinski definition) is 4. The van der Waals surface area contributed by atoms with E-state index in [0.29, 0.717) is 13.0 Å². The molecule has 1 aliphatic heterocycles. The number of carbonyl (C=O) groups is 1. The Morgan fingerprint density at radius 2 is 2.29 bits per heavy atom. The molecule has 1 atom stereocenters. The van der Waals surface area contributed by atoms with Gasteiger partial charge in [-0.2, -0.15) is 0 Å². The lowest BCUT2D eigenvalue weighted by molar-refractivity contribution is -0.121. The molecule has 1 saturated heterocycles. The SMILES string of the molecule is Cc1ccc(CNC(=O)CCCC[C@@H]2CCSS2)cc1O. The van der Waals surface area contributed by atoms with Gasteiger partial charge in [-0.3, -0.25) is 4.79 Å². The van der Waals surface area contributed by atoms with E-state index in [1.807, 2.05) is 40.6 Å². The van der Waals surface area contributed by atoms with Crippen molar-refractivity contribution in [3.8, 4) is 5.75 Å². The van der Waals surface area contributed by atoms with Crippen LogP contribution in [-0.4, -0.2) is 22.0 Å². The molecule has 1 aromatic rings. The van der Waals surface area contributed by atoms with Crippen LogP contribution in [0.3, 0.4) is 0 Å². The molecule has 2 N–H and O–H groups in total. The second kappa shape index (κ2) is 8.59. The number of nitrogens with one attached hydrogen (secondary N) is 1. The molecule has 116 valence electrons. The number of aromatic hydroxyl groups is 1. The summed E-state index contributed by atoms with van der Waals surface area (Å²) in [7, 11) is 3.97. The predicted octanol–water partition coefficient (Wildman–Crippen LogP) is 4.03. The van der Waals surface area contributed by atoms with Gasteiger partial charge in [0.1, 0.15) is 5.75 Å². The number of unbranched alkanes of at least 4 members (excludes halogenated alkanes) is 1. The van der Waals surface area contributed by atoms with Crippen LogP contribution in [0.1, 0.15) is 43.2 Å². The lowest BCUT2D eigenvalue weighted by atomic mass is 10.1. The number of hydrogen-bond donors (Lipinski definition) is 2. The maximum absolute atomic E-state index is 11.8. The number of phenols is 1. The first-order valence-corrected chi connectivity index (χ1v) is 9.87. The first-order chi connectivity index (χ1) is 10.1. The predicted molar refractivity (Wildman–Crippen MR) is 91.6 cm³/mol. The fraction of sp³-hybridized carbons (Fsp3) is 0.562. The average Bonchev–Trinajstić information content (AvgIpc) is 2.98. The van der Waals surface area contributed by atoms with Crippen molar-refractivity contribution < 1.29 is 9.90 Å². The van der Waals surface area contributed by atoms with Gasteiger partial charge >= 0.3 is 0 Å². The van der Waals surface area contributed by atoms with Gasteiger partial charge in [0, 0.05) is 24.0 Å². The Labute approximate surface area is 134 Å². The first-order valence-electron chi connectivity index (χ1n) is 7.48. The first kappa shape index (κ1) is 16.6. The molecule has 1 amide bonds. The molecule has 0 radical (unpaired) electrons. The van der Waals surface area contributed by atoms with Crippen LogP contribution in [0.2, 0.25) is 0 Å². The number of benzene rings is 1. The Bertz CT molecular complexity index is 473. The third-order valence-electron chi connectivity index (χ3n) is 3.67. The zero-order valence-electron chi connectivity index (χ0n) is 12.4. The van der Waals surface area contributed by atoms with Crippen molar-refractivity contribution in [2.45, 2.75) is 50.8 Å². The number of phenolic OH excluding ortho intramolecular Hbond substituents is 1. The van der Waals surface area contributed by atoms with Crippen molar-refractivity contribution in [1.29, 1.82) is 0 Å². The van der Waals surface area contributed by atoms with Crippen LogP contribution < -0.4 is 5.32 Å². The minimum Gasteiger partial charge on any atom is -0.508 e. The summed E-state index contributed by atoms with van der Waals surface area (Å²) in [6, 6.07) is 5.52. The quantitative estimate of drug-likeness (QED) is 0.587. The van der Waals surface area contributed by atoms with E-state index < -0.39 is 0 Å². The van der Waals surface area contributed by atoms with E-state index in [0.717, 1.165) is 29.2 Å². The Morgan fingerprint density at radius 1 is 1.43 bits per heavy atom. The van der Waals surface area contributed by atoms with Crippen LogP contribution in [0.5, 0.6) is 5.75 Å². The van der Waals surface area contributed by atoms with Crippen LogP contribution >= 0.6 is 21.6 Å². The molecule has 0 aliphatic carbocycles. The molecule has 0 saturated carbocycles. The number of amides is 1. The monoisotopic (exact) mass is 325 g/mol. The summed E-state index contributed by atoms with van der Waals surface area (Å²) >= 11 is 0. The summed E-state index contributed by atoms with van der Waals surface area (Å²) in [4.78, 5) is 11.8. The summed E-state index contributed by atoms with van der Waals surface area (Å²) < 4.78 is 0. The van der Waals surface area contributed by atoms with Gasteiger partial charge in [-0.05, 0) is 43.4 Å². The molecule has 0 aromatic heterocycles. The molecular formula is C16H23NO2S2. The van der Waals surface area contributed by atoms with Crippen molar-refractivity contribution in [3.63, 3.8) is 0 Å². The van der Waals surface area contributed by atoms with Crippen LogP contribution in [-0.2, 0) is 11.3 Å². The average molecular weight is 325 g/mol. The molecule has 0 bridgehead atoms. The second-order valence-electron chi connectivity index (χ2n) is 5.47. The van der Waals surface area contributed by atoms with Crippen molar-refractivity contribution in [1.82, 2.24) is 5.32 Å².